The third kappa shape index (κ3) is 6.14. The molecule has 37 heavy (non-hydrogen) atoms. The molecule has 0 aliphatic rings. The monoisotopic (exact) mass is 505 g/mol. The zero-order valence-corrected chi connectivity index (χ0v) is 19.4. The lowest BCUT2D eigenvalue weighted by Crippen LogP contribution is -2.12. The number of esters is 2. The van der Waals surface area contributed by atoms with Crippen molar-refractivity contribution in [1.29, 1.82) is 5.26 Å². The van der Waals surface area contributed by atoms with Gasteiger partial charge < -0.3 is 34.3 Å². The van der Waals surface area contributed by atoms with Gasteiger partial charge >= 0.3 is 17.9 Å². The minimum absolute atomic E-state index is 0.111. The number of hydrogen-bond acceptors (Lipinski definition) is 10. The van der Waals surface area contributed by atoms with Crippen LogP contribution < -0.4 is 18.9 Å². The van der Waals surface area contributed by atoms with E-state index in [-0.39, 0.29) is 45.6 Å². The van der Waals surface area contributed by atoms with Crippen molar-refractivity contribution in [2.45, 2.75) is 0 Å². The lowest BCUT2D eigenvalue weighted by atomic mass is 10.1. The number of aromatic hydroxyl groups is 2. The molecule has 3 aromatic carbocycles. The van der Waals surface area contributed by atoms with Crippen LogP contribution in [0.5, 0.6) is 34.5 Å². The Bertz CT molecular complexity index is 1430. The quantitative estimate of drug-likeness (QED) is 0.232. The lowest BCUT2D eigenvalue weighted by molar-refractivity contribution is -0.128. The third-order valence-corrected chi connectivity index (χ3v) is 4.86. The van der Waals surface area contributed by atoms with Gasteiger partial charge in [-0.2, -0.15) is 5.26 Å². The van der Waals surface area contributed by atoms with Gasteiger partial charge in [-0.3, -0.25) is 0 Å². The molecule has 0 aliphatic carbocycles. The van der Waals surface area contributed by atoms with Crippen molar-refractivity contribution in [3.63, 3.8) is 0 Å². The maximum absolute atomic E-state index is 12.5. The SMILES string of the molecule is COc1cc(C=CC(=O)Oc2ccc(OC(=O)c3ccc(O)cc3C#N)cc2C(=O)O)cc(OC)c1O. The molecule has 3 aromatic rings. The normalized spacial score (nSPS) is 10.4. The highest BCUT2D eigenvalue weighted by Gasteiger charge is 2.19. The number of phenols is 2. The highest BCUT2D eigenvalue weighted by Crippen LogP contribution is 2.37. The summed E-state index contributed by atoms with van der Waals surface area (Å²) in [4.78, 5) is 36.5. The molecule has 11 nitrogen and oxygen atoms in total. The van der Waals surface area contributed by atoms with Crippen LogP contribution in [0.4, 0.5) is 0 Å². The minimum Gasteiger partial charge on any atom is -0.508 e. The fourth-order valence-corrected chi connectivity index (χ4v) is 3.11. The third-order valence-electron chi connectivity index (χ3n) is 4.86. The Balaban J connectivity index is 1.79. The van der Waals surface area contributed by atoms with Crippen LogP contribution in [0.25, 0.3) is 6.08 Å². The summed E-state index contributed by atoms with van der Waals surface area (Å²) in [6.45, 7) is 0. The smallest absolute Gasteiger partial charge is 0.344 e. The first-order valence-electron chi connectivity index (χ1n) is 10.3. The second-order valence-electron chi connectivity index (χ2n) is 7.22. The van der Waals surface area contributed by atoms with Gasteiger partial charge in [0.1, 0.15) is 28.9 Å². The van der Waals surface area contributed by atoms with Gasteiger partial charge in [-0.05, 0) is 60.2 Å². The number of nitrogens with zero attached hydrogens (tertiary/aromatic N) is 1. The molecule has 0 atom stereocenters. The average molecular weight is 505 g/mol. The molecule has 0 aliphatic heterocycles. The van der Waals surface area contributed by atoms with Crippen LogP contribution in [-0.2, 0) is 4.79 Å². The molecule has 0 radical (unpaired) electrons. The van der Waals surface area contributed by atoms with E-state index in [9.17, 15) is 29.7 Å². The van der Waals surface area contributed by atoms with Gasteiger partial charge in [0.05, 0.1) is 25.3 Å². The van der Waals surface area contributed by atoms with E-state index >= 15 is 0 Å². The number of methoxy groups -OCH3 is 2. The van der Waals surface area contributed by atoms with Crippen molar-refractivity contribution in [2.75, 3.05) is 14.2 Å². The molecule has 0 bridgehead atoms. The summed E-state index contributed by atoms with van der Waals surface area (Å²) in [6, 6.07) is 11.4. The molecule has 0 aromatic heterocycles. The Morgan fingerprint density at radius 3 is 2.14 bits per heavy atom. The number of rotatable bonds is 8. The van der Waals surface area contributed by atoms with Crippen LogP contribution in [0.2, 0.25) is 0 Å². The number of benzene rings is 3. The molecule has 0 amide bonds. The Morgan fingerprint density at radius 2 is 1.54 bits per heavy atom. The van der Waals surface area contributed by atoms with Gasteiger partial charge in [0, 0.05) is 6.08 Å². The van der Waals surface area contributed by atoms with E-state index in [1.54, 1.807) is 6.07 Å². The molecule has 3 N–H and O–H groups in total. The molecule has 11 heteroatoms. The fourth-order valence-electron chi connectivity index (χ4n) is 3.11. The molecule has 0 spiro atoms. The number of carboxylic acids is 1. The lowest BCUT2D eigenvalue weighted by Gasteiger charge is -2.10. The summed E-state index contributed by atoms with van der Waals surface area (Å²) in [5, 5.41) is 38.1. The van der Waals surface area contributed by atoms with Gasteiger partial charge in [0.15, 0.2) is 11.5 Å². The first kappa shape index (κ1) is 26.1. The van der Waals surface area contributed by atoms with E-state index in [4.69, 9.17) is 24.2 Å². The van der Waals surface area contributed by atoms with Crippen LogP contribution in [-0.4, -0.2) is 47.4 Å². The average Bonchev–Trinajstić information content (AvgIpc) is 2.88. The second-order valence-corrected chi connectivity index (χ2v) is 7.22. The number of carboxylic acid groups (broad SMARTS) is 1. The molecule has 0 saturated carbocycles. The largest absolute Gasteiger partial charge is 0.508 e. The topological polar surface area (TPSA) is 173 Å². The van der Waals surface area contributed by atoms with Gasteiger partial charge in [-0.15, -0.1) is 0 Å². The van der Waals surface area contributed by atoms with Crippen molar-refractivity contribution in [1.82, 2.24) is 0 Å². The standard InChI is InChI=1S/C26H19NO10/c1-34-21-9-14(10-22(35-2)24(21)30)3-8-23(29)37-20-7-5-17(12-19(20)25(31)32)36-26(33)18-6-4-16(28)11-15(18)13-27/h3-12,28,30H,1-2H3,(H,31,32). The molecular formula is C26H19NO10. The molecule has 0 saturated heterocycles. The molecule has 3 rings (SSSR count). The number of carbonyl (C=O) groups is 3. The summed E-state index contributed by atoms with van der Waals surface area (Å²) in [7, 11) is 2.69. The Kier molecular flexibility index (Phi) is 7.96. The Morgan fingerprint density at radius 1 is 0.865 bits per heavy atom. The van der Waals surface area contributed by atoms with Gasteiger partial charge in [-0.1, -0.05) is 0 Å². The number of carbonyl (C=O) groups excluding carboxylic acids is 2. The minimum atomic E-state index is -1.46. The van der Waals surface area contributed by atoms with Crippen molar-refractivity contribution in [3.05, 3.63) is 76.9 Å². The van der Waals surface area contributed by atoms with E-state index < -0.39 is 23.5 Å². The Hall–Kier alpha value is -5.50. The Labute approximate surface area is 209 Å². The summed E-state index contributed by atoms with van der Waals surface area (Å²) < 4.78 is 20.4. The molecule has 188 valence electrons. The van der Waals surface area contributed by atoms with Crippen LogP contribution in [0.3, 0.4) is 0 Å². The first-order valence-corrected chi connectivity index (χ1v) is 10.3. The van der Waals surface area contributed by atoms with Gasteiger partial charge in [0.25, 0.3) is 0 Å². The van der Waals surface area contributed by atoms with Gasteiger partial charge in [0.2, 0.25) is 5.75 Å². The molecular weight excluding hydrogens is 486 g/mol. The number of nitriles is 1. The summed E-state index contributed by atoms with van der Waals surface area (Å²) in [5.41, 5.74) is -0.314. The maximum atomic E-state index is 12.5. The number of phenolic OH excluding ortho intramolecular Hbond substituents is 2. The summed E-state index contributed by atoms with van der Waals surface area (Å²) in [5.74, 6) is -4.04. The zero-order valence-electron chi connectivity index (χ0n) is 19.4. The van der Waals surface area contributed by atoms with E-state index in [2.05, 4.69) is 0 Å². The van der Waals surface area contributed by atoms with E-state index in [1.165, 1.54) is 50.6 Å². The molecule has 0 unspecified atom stereocenters. The maximum Gasteiger partial charge on any atom is 0.344 e. The van der Waals surface area contributed by atoms with Crippen molar-refractivity contribution < 1.29 is 48.7 Å². The predicted molar refractivity (Wildman–Crippen MR) is 127 cm³/mol. The van der Waals surface area contributed by atoms with Crippen LogP contribution in [0.1, 0.15) is 31.8 Å². The van der Waals surface area contributed by atoms with E-state index in [0.29, 0.717) is 5.56 Å². The number of hydrogen-bond donors (Lipinski definition) is 3. The van der Waals surface area contributed by atoms with Crippen molar-refractivity contribution >= 4 is 24.0 Å². The predicted octanol–water partition coefficient (Wildman–Crippen LogP) is 3.52. The van der Waals surface area contributed by atoms with E-state index in [0.717, 1.165) is 24.3 Å². The van der Waals surface area contributed by atoms with Crippen molar-refractivity contribution in [2.24, 2.45) is 0 Å². The van der Waals surface area contributed by atoms with Crippen LogP contribution in [0, 0.1) is 11.3 Å². The highest BCUT2D eigenvalue weighted by atomic mass is 16.5. The molecule has 0 heterocycles. The fraction of sp³-hybridized carbons (Fsp3) is 0.0769. The van der Waals surface area contributed by atoms with Crippen LogP contribution >= 0.6 is 0 Å². The summed E-state index contributed by atoms with van der Waals surface area (Å²) in [6.07, 6.45) is 2.37. The first-order chi connectivity index (χ1) is 17.7. The number of ether oxygens (including phenoxy) is 4. The zero-order chi connectivity index (χ0) is 27.1. The number of aromatic carboxylic acids is 1. The second kappa shape index (κ2) is 11.3. The van der Waals surface area contributed by atoms with Crippen molar-refractivity contribution in [3.8, 4) is 40.6 Å². The van der Waals surface area contributed by atoms with E-state index in [1.807, 2.05) is 0 Å². The summed E-state index contributed by atoms with van der Waals surface area (Å²) >= 11 is 0. The highest BCUT2D eigenvalue weighted by molar-refractivity contribution is 5.96. The van der Waals surface area contributed by atoms with Crippen LogP contribution in [0.15, 0.2) is 54.6 Å². The molecule has 0 fully saturated rings. The van der Waals surface area contributed by atoms with Gasteiger partial charge in [-0.25, -0.2) is 14.4 Å².